The fourth-order valence-electron chi connectivity index (χ4n) is 9.87. The van der Waals surface area contributed by atoms with Crippen LogP contribution < -0.4 is 9.30 Å². The standard InChI is InChI=1S/C63H52N4O/c1-62(2,3)39-41-29-31-50-48-21-10-11-22-49(48)53-26-16-28-57-61(53)66(60-47(42-17-8-7-9-18-42)24-15-25-54(60)55(50)35-41)40-65(57)44-19-14-20-45(37-44)68-46-30-32-52-51-23-12-13-27-56(51)67(58(52)38-46)59-36-43(33-34-64-59)63(4,5)6/h7-38H,39H2,1-6H3/i7D,8D,9D,17D,18D,39D2. The molecule has 11 aromatic rings. The van der Waals surface area contributed by atoms with Crippen LogP contribution >= 0.6 is 0 Å². The molecule has 3 aromatic heterocycles. The van der Waals surface area contributed by atoms with Gasteiger partial charge in [0, 0.05) is 25.8 Å². The Morgan fingerprint density at radius 3 is 2.09 bits per heavy atom. The van der Waals surface area contributed by atoms with Gasteiger partial charge in [-0.25, -0.2) is 4.98 Å². The van der Waals surface area contributed by atoms with E-state index < -0.39 is 29.9 Å². The molecule has 1 aliphatic rings. The first-order valence-corrected chi connectivity index (χ1v) is 23.0. The second-order valence-electron chi connectivity index (χ2n) is 19.6. The van der Waals surface area contributed by atoms with Gasteiger partial charge < -0.3 is 4.74 Å². The van der Waals surface area contributed by atoms with Crippen LogP contribution in [-0.4, -0.2) is 14.1 Å². The van der Waals surface area contributed by atoms with E-state index in [2.05, 4.69) is 92.3 Å². The molecule has 0 atom stereocenters. The van der Waals surface area contributed by atoms with Gasteiger partial charge in [0.2, 0.25) is 0 Å². The van der Waals surface area contributed by atoms with Crippen molar-refractivity contribution in [2.24, 2.45) is 5.41 Å². The van der Waals surface area contributed by atoms with E-state index in [9.17, 15) is 5.48 Å². The Morgan fingerprint density at radius 1 is 0.588 bits per heavy atom. The number of pyridine rings is 1. The topological polar surface area (TPSA) is 35.9 Å². The number of hydrogen-bond acceptors (Lipinski definition) is 2. The normalized spacial score (nSPS) is 14.0. The van der Waals surface area contributed by atoms with Crippen LogP contribution in [0.3, 0.4) is 0 Å². The van der Waals surface area contributed by atoms with E-state index in [-0.39, 0.29) is 23.1 Å². The van der Waals surface area contributed by atoms with E-state index in [4.69, 9.17) is 13.8 Å². The summed E-state index contributed by atoms with van der Waals surface area (Å²) < 4.78 is 76.6. The van der Waals surface area contributed by atoms with Crippen LogP contribution in [0.15, 0.2) is 194 Å². The number of benzene rings is 8. The third kappa shape index (κ3) is 7.09. The predicted octanol–water partition coefficient (Wildman–Crippen LogP) is 15.9. The van der Waals surface area contributed by atoms with Crippen LogP contribution in [-0.2, 0) is 11.8 Å². The number of rotatable bonds is 6. The highest BCUT2D eigenvalue weighted by Crippen LogP contribution is 2.46. The smallest absolute Gasteiger partial charge is 0.269 e. The molecule has 68 heavy (non-hydrogen) atoms. The largest absolute Gasteiger partial charge is 0.458 e. The van der Waals surface area contributed by atoms with Crippen LogP contribution in [0.2, 0.25) is 0 Å². The molecular weight excluding hydrogens is 829 g/mol. The molecule has 0 radical (unpaired) electrons. The number of imidazole rings is 1. The Labute approximate surface area is 408 Å². The number of fused-ring (bicyclic) bond motifs is 10. The van der Waals surface area contributed by atoms with Gasteiger partial charge in [-0.15, -0.1) is 0 Å². The van der Waals surface area contributed by atoms with E-state index in [1.165, 1.54) is 5.56 Å². The molecule has 12 rings (SSSR count). The molecular formula is C63H52N4O. The van der Waals surface area contributed by atoms with Crippen molar-refractivity contribution in [2.45, 2.75) is 53.3 Å². The molecule has 8 aromatic carbocycles. The number of nitrogens with zero attached hydrogens (tertiary/aromatic N) is 4. The lowest BCUT2D eigenvalue weighted by Gasteiger charge is -2.22. The van der Waals surface area contributed by atoms with Crippen LogP contribution in [0.25, 0.3) is 94.5 Å². The summed E-state index contributed by atoms with van der Waals surface area (Å²) in [6.45, 7) is 12.3. The average Bonchev–Trinajstić information content (AvgIpc) is 4.01. The third-order valence-electron chi connectivity index (χ3n) is 12.8. The summed E-state index contributed by atoms with van der Waals surface area (Å²) in [5.41, 5.74) is 11.0. The first kappa shape index (κ1) is 34.3. The quantitative estimate of drug-likeness (QED) is 0.123. The summed E-state index contributed by atoms with van der Waals surface area (Å²) in [6.07, 6.45) is 3.85. The maximum atomic E-state index is 9.45. The summed E-state index contributed by atoms with van der Waals surface area (Å²) in [6, 6.07) is 50.2. The van der Waals surface area contributed by atoms with Crippen molar-refractivity contribution in [1.29, 1.82) is 0 Å². The van der Waals surface area contributed by atoms with Crippen molar-refractivity contribution in [3.05, 3.63) is 212 Å². The minimum Gasteiger partial charge on any atom is -0.458 e. The fourth-order valence-corrected chi connectivity index (χ4v) is 9.87. The molecule has 5 heteroatoms. The van der Waals surface area contributed by atoms with Gasteiger partial charge in [0.15, 0.2) is 0 Å². The van der Waals surface area contributed by atoms with E-state index in [0.717, 1.165) is 72.2 Å². The summed E-state index contributed by atoms with van der Waals surface area (Å²) in [5, 5.41) is 2.19. The van der Waals surface area contributed by atoms with Crippen LogP contribution in [0.4, 0.5) is 0 Å². The third-order valence-corrected chi connectivity index (χ3v) is 12.8. The zero-order valence-corrected chi connectivity index (χ0v) is 38.8. The van der Waals surface area contributed by atoms with Crippen LogP contribution in [0.1, 0.15) is 62.3 Å². The molecule has 0 spiro atoms. The Bertz CT molecular complexity index is 4150. The molecule has 330 valence electrons. The van der Waals surface area contributed by atoms with Crippen LogP contribution in [0, 0.1) is 11.7 Å². The highest BCUT2D eigenvalue weighted by atomic mass is 16.5. The van der Waals surface area contributed by atoms with Crippen molar-refractivity contribution in [3.8, 4) is 73.2 Å². The van der Waals surface area contributed by atoms with Gasteiger partial charge in [0.1, 0.15) is 17.3 Å². The molecule has 1 aliphatic heterocycles. The lowest BCUT2D eigenvalue weighted by Crippen LogP contribution is -2.32. The zero-order chi connectivity index (χ0) is 52.5. The van der Waals surface area contributed by atoms with Crippen molar-refractivity contribution in [1.82, 2.24) is 14.1 Å². The maximum Gasteiger partial charge on any atom is 0.269 e. The Balaban J connectivity index is 1.09. The SMILES string of the molecule is [2H]c1c([2H])c([2H])c(-c2cccc3c2-[n+]2[c-]n(-c4cccc(Oc5ccc6c7ccccc7n(-c7cc(C(C)(C)C)ccn7)c6c5)c4)c4cccc(c42)-c2ccccc2-c2ccc(C([2H])([2H])C(C)(C)C)cc2-3)c([2H])c1[2H]. The van der Waals surface area contributed by atoms with Gasteiger partial charge in [-0.3, -0.25) is 13.7 Å². The van der Waals surface area contributed by atoms with Gasteiger partial charge in [-0.05, 0) is 121 Å². The van der Waals surface area contributed by atoms with E-state index in [0.29, 0.717) is 33.9 Å². The van der Waals surface area contributed by atoms with Crippen LogP contribution in [0.5, 0.6) is 11.5 Å². The van der Waals surface area contributed by atoms with Gasteiger partial charge >= 0.3 is 0 Å². The Hall–Kier alpha value is -8.02. The molecule has 0 amide bonds. The van der Waals surface area contributed by atoms with Crippen molar-refractivity contribution in [2.75, 3.05) is 0 Å². The average molecular weight is 888 g/mol. The number of hydrogen-bond donors (Lipinski definition) is 0. The summed E-state index contributed by atoms with van der Waals surface area (Å²) in [7, 11) is 0. The van der Waals surface area contributed by atoms with E-state index >= 15 is 0 Å². The molecule has 0 saturated heterocycles. The second kappa shape index (κ2) is 15.8. The minimum atomic E-state index is -1.75. The van der Waals surface area contributed by atoms with E-state index in [1.807, 2.05) is 127 Å². The zero-order valence-electron chi connectivity index (χ0n) is 45.8. The van der Waals surface area contributed by atoms with Crippen molar-refractivity contribution >= 4 is 32.8 Å². The van der Waals surface area contributed by atoms with Gasteiger partial charge in [-0.2, -0.15) is 0 Å². The van der Waals surface area contributed by atoms with Crippen molar-refractivity contribution in [3.63, 3.8) is 0 Å². The van der Waals surface area contributed by atoms with Gasteiger partial charge in [0.25, 0.3) is 6.33 Å². The highest BCUT2D eigenvalue weighted by molar-refractivity contribution is 6.09. The lowest BCUT2D eigenvalue weighted by atomic mass is 9.83. The first-order valence-electron chi connectivity index (χ1n) is 26.5. The Morgan fingerprint density at radius 2 is 1.26 bits per heavy atom. The van der Waals surface area contributed by atoms with E-state index in [1.54, 1.807) is 6.07 Å². The first-order chi connectivity index (χ1) is 35.8. The summed E-state index contributed by atoms with van der Waals surface area (Å²) in [5.74, 6) is 2.05. The number of ether oxygens (including phenoxy) is 1. The monoisotopic (exact) mass is 887 g/mol. The number of para-hydroxylation sites is 3. The summed E-state index contributed by atoms with van der Waals surface area (Å²) in [4.78, 5) is 4.87. The van der Waals surface area contributed by atoms with Gasteiger partial charge in [-0.1, -0.05) is 175 Å². The van der Waals surface area contributed by atoms with Gasteiger partial charge in [0.05, 0.1) is 40.3 Å². The second-order valence-corrected chi connectivity index (χ2v) is 19.6. The minimum absolute atomic E-state index is 0.0423. The Kier molecular flexibility index (Phi) is 7.98. The number of aromatic nitrogens is 4. The molecule has 5 nitrogen and oxygen atoms in total. The fraction of sp³-hybridized carbons (Fsp3) is 0.143. The molecule has 0 N–H and O–H groups in total. The predicted molar refractivity (Wildman–Crippen MR) is 279 cm³/mol. The molecule has 0 bridgehead atoms. The maximum absolute atomic E-state index is 9.45. The van der Waals surface area contributed by atoms with Crippen molar-refractivity contribution < 1.29 is 18.9 Å². The molecule has 0 fully saturated rings. The molecule has 0 aliphatic carbocycles. The summed E-state index contributed by atoms with van der Waals surface area (Å²) >= 11 is 0. The molecule has 0 saturated carbocycles. The molecule has 4 heterocycles. The molecule has 0 unspecified atom stereocenters. The highest BCUT2D eigenvalue weighted by Gasteiger charge is 2.27. The lowest BCUT2D eigenvalue weighted by molar-refractivity contribution is -0.570.